The maximum absolute atomic E-state index is 12.8. The summed E-state index contributed by atoms with van der Waals surface area (Å²) in [5.74, 6) is -0.894. The lowest BCUT2D eigenvalue weighted by Gasteiger charge is -2.17. The molecule has 0 radical (unpaired) electrons. The molecule has 3 atom stereocenters. The number of aliphatic hydroxyl groups is 1. The Morgan fingerprint density at radius 1 is 1.14 bits per heavy atom. The molecule has 0 saturated heterocycles. The summed E-state index contributed by atoms with van der Waals surface area (Å²) in [6.07, 6.45) is -5.81. The van der Waals surface area contributed by atoms with Gasteiger partial charge in [-0.25, -0.2) is 4.98 Å². The molecule has 0 aliphatic heterocycles. The highest BCUT2D eigenvalue weighted by atomic mass is 19.4. The van der Waals surface area contributed by atoms with Crippen LogP contribution in [-0.4, -0.2) is 46.5 Å². The number of benzene rings is 2. The van der Waals surface area contributed by atoms with Crippen LogP contribution in [-0.2, 0) is 11.2 Å². The van der Waals surface area contributed by atoms with E-state index in [4.69, 9.17) is 4.42 Å². The van der Waals surface area contributed by atoms with Crippen LogP contribution in [0.5, 0.6) is 0 Å². The number of amides is 2. The van der Waals surface area contributed by atoms with Crippen LogP contribution in [0.1, 0.15) is 46.2 Å². The van der Waals surface area contributed by atoms with Crippen molar-refractivity contribution in [3.8, 4) is 11.5 Å². The minimum Gasteiger partial charge on any atom is -0.431 e. The van der Waals surface area contributed by atoms with E-state index in [0.717, 1.165) is 5.56 Å². The molecule has 8 nitrogen and oxygen atoms in total. The van der Waals surface area contributed by atoms with Gasteiger partial charge in [0.2, 0.25) is 11.7 Å². The zero-order valence-corrected chi connectivity index (χ0v) is 19.2. The normalized spacial score (nSPS) is 19.8. The minimum absolute atomic E-state index is 0.0180. The average Bonchev–Trinajstić information content (AvgIpc) is 3.45. The first kappa shape index (κ1) is 25.4. The molecular formula is C25H24F3N3O5. The molecule has 1 fully saturated rings. The summed E-state index contributed by atoms with van der Waals surface area (Å²) in [5.41, 5.74) is 2.00. The Labute approximate surface area is 204 Å². The van der Waals surface area contributed by atoms with Gasteiger partial charge in [0.1, 0.15) is 0 Å². The fourth-order valence-electron chi connectivity index (χ4n) is 4.08. The number of aliphatic hydroxyl groups excluding tert-OH is 1. The lowest BCUT2D eigenvalue weighted by Crippen LogP contribution is -2.40. The summed E-state index contributed by atoms with van der Waals surface area (Å²) in [6.45, 7) is 1.88. The molecule has 3 aromatic rings. The molecule has 3 N–H and O–H groups in total. The van der Waals surface area contributed by atoms with Gasteiger partial charge in [0, 0.05) is 23.2 Å². The Kier molecular flexibility index (Phi) is 7.41. The second kappa shape index (κ2) is 10.5. The van der Waals surface area contributed by atoms with Crippen LogP contribution in [0.2, 0.25) is 0 Å². The van der Waals surface area contributed by atoms with Gasteiger partial charge in [-0.2, -0.15) is 0 Å². The van der Waals surface area contributed by atoms with Gasteiger partial charge in [0.05, 0.1) is 24.4 Å². The van der Waals surface area contributed by atoms with E-state index in [-0.39, 0.29) is 30.1 Å². The van der Waals surface area contributed by atoms with Crippen molar-refractivity contribution in [2.45, 2.75) is 50.8 Å². The molecule has 190 valence electrons. The van der Waals surface area contributed by atoms with Crippen molar-refractivity contribution in [3.05, 3.63) is 71.6 Å². The van der Waals surface area contributed by atoms with Crippen LogP contribution in [0.4, 0.5) is 18.9 Å². The highest BCUT2D eigenvalue weighted by molar-refractivity contribution is 6.04. The van der Waals surface area contributed by atoms with Gasteiger partial charge in [0.15, 0.2) is 0 Å². The molecule has 1 heterocycles. The van der Waals surface area contributed by atoms with Crippen LogP contribution in [0.3, 0.4) is 0 Å². The van der Waals surface area contributed by atoms with Crippen molar-refractivity contribution in [1.82, 2.24) is 10.3 Å². The number of ether oxygens (including phenoxy) is 1. The average molecular weight is 503 g/mol. The van der Waals surface area contributed by atoms with Crippen LogP contribution >= 0.6 is 0 Å². The number of aryl methyl sites for hydroxylation is 1. The molecule has 4 rings (SSSR count). The van der Waals surface area contributed by atoms with E-state index in [1.165, 1.54) is 18.3 Å². The zero-order chi connectivity index (χ0) is 25.9. The van der Waals surface area contributed by atoms with Gasteiger partial charge in [-0.15, -0.1) is 13.2 Å². The predicted molar refractivity (Wildman–Crippen MR) is 123 cm³/mol. The topological polar surface area (TPSA) is 114 Å². The van der Waals surface area contributed by atoms with Crippen molar-refractivity contribution >= 4 is 17.5 Å². The number of alkyl halides is 3. The minimum atomic E-state index is -4.82. The summed E-state index contributed by atoms with van der Waals surface area (Å²) in [7, 11) is 0. The quantitative estimate of drug-likeness (QED) is 0.443. The van der Waals surface area contributed by atoms with Crippen LogP contribution in [0.25, 0.3) is 11.5 Å². The number of anilines is 1. The van der Waals surface area contributed by atoms with Gasteiger partial charge in [-0.1, -0.05) is 31.2 Å². The van der Waals surface area contributed by atoms with Crippen molar-refractivity contribution < 1.29 is 37.0 Å². The molecule has 1 saturated carbocycles. The second-order valence-corrected chi connectivity index (χ2v) is 8.38. The molecule has 11 heteroatoms. The lowest BCUT2D eigenvalue weighted by molar-refractivity contribution is -0.342. The zero-order valence-electron chi connectivity index (χ0n) is 19.2. The third kappa shape index (κ3) is 6.10. The predicted octanol–water partition coefficient (Wildman–Crippen LogP) is 4.31. The van der Waals surface area contributed by atoms with Crippen LogP contribution < -0.4 is 10.6 Å². The number of nitrogens with one attached hydrogen (secondary N) is 2. The van der Waals surface area contributed by atoms with Gasteiger partial charge in [0.25, 0.3) is 11.8 Å². The number of hydrogen-bond acceptors (Lipinski definition) is 6. The number of carbonyl (C=O) groups excluding carboxylic acids is 2. The Morgan fingerprint density at radius 3 is 2.58 bits per heavy atom. The maximum atomic E-state index is 12.8. The standard InChI is InChI=1S/C25H24F3N3O5/c1-2-14-8-9-16(22(33)31-19-11-17(12-20(19)32)36-25(26,27)28)10-18(14)30-23(34)21-13-29-24(35-21)15-6-4-3-5-7-15/h3-10,13,17,19-20,32H,2,11-12H2,1H3,(H,30,34)(H,31,33)/t17-,19-,20-/m0/s1. The molecule has 1 aromatic heterocycles. The summed E-state index contributed by atoms with van der Waals surface area (Å²) in [5, 5.41) is 15.4. The number of aromatic nitrogens is 1. The number of rotatable bonds is 7. The summed E-state index contributed by atoms with van der Waals surface area (Å²) in [6, 6.07) is 12.8. The Hall–Kier alpha value is -3.70. The lowest BCUT2D eigenvalue weighted by atomic mass is 10.1. The third-order valence-electron chi connectivity index (χ3n) is 5.85. The number of carbonyl (C=O) groups is 2. The van der Waals surface area contributed by atoms with Crippen LogP contribution in [0, 0.1) is 0 Å². The van der Waals surface area contributed by atoms with Crippen LogP contribution in [0.15, 0.2) is 59.1 Å². The van der Waals surface area contributed by atoms with E-state index in [0.29, 0.717) is 17.7 Å². The molecule has 0 spiro atoms. The largest absolute Gasteiger partial charge is 0.522 e. The number of oxazole rings is 1. The molecule has 1 aliphatic carbocycles. The first-order chi connectivity index (χ1) is 17.1. The van der Waals surface area contributed by atoms with Gasteiger partial charge in [-0.3, -0.25) is 14.3 Å². The number of nitrogens with zero attached hydrogens (tertiary/aromatic N) is 1. The number of hydrogen-bond donors (Lipinski definition) is 3. The van der Waals surface area contributed by atoms with Gasteiger partial charge in [-0.05, 0) is 42.7 Å². The highest BCUT2D eigenvalue weighted by Crippen LogP contribution is 2.30. The molecule has 2 aromatic carbocycles. The summed E-state index contributed by atoms with van der Waals surface area (Å²) >= 11 is 0. The SMILES string of the molecule is CCc1ccc(C(=O)N[C@H]2C[C@H](OC(F)(F)F)C[C@@H]2O)cc1NC(=O)c1cnc(-c2ccccc2)o1. The maximum Gasteiger partial charge on any atom is 0.522 e. The molecule has 0 unspecified atom stereocenters. The van der Waals surface area contributed by atoms with E-state index in [9.17, 15) is 27.9 Å². The van der Waals surface area contributed by atoms with E-state index >= 15 is 0 Å². The van der Waals surface area contributed by atoms with Gasteiger partial charge < -0.3 is 20.2 Å². The fourth-order valence-corrected chi connectivity index (χ4v) is 4.08. The first-order valence-corrected chi connectivity index (χ1v) is 11.3. The summed E-state index contributed by atoms with van der Waals surface area (Å²) < 4.78 is 47.0. The van der Waals surface area contributed by atoms with E-state index in [2.05, 4.69) is 20.4 Å². The van der Waals surface area contributed by atoms with E-state index in [1.54, 1.807) is 18.2 Å². The molecule has 0 bridgehead atoms. The Bertz CT molecular complexity index is 1230. The molecule has 1 aliphatic rings. The second-order valence-electron chi connectivity index (χ2n) is 8.38. The van der Waals surface area contributed by atoms with E-state index < -0.39 is 36.4 Å². The monoisotopic (exact) mass is 503 g/mol. The highest BCUT2D eigenvalue weighted by Gasteiger charge is 2.41. The Balaban J connectivity index is 1.45. The fraction of sp³-hybridized carbons (Fsp3) is 0.320. The molecule has 2 amide bonds. The smallest absolute Gasteiger partial charge is 0.431 e. The van der Waals surface area contributed by atoms with Crippen molar-refractivity contribution in [3.63, 3.8) is 0 Å². The Morgan fingerprint density at radius 2 is 1.89 bits per heavy atom. The first-order valence-electron chi connectivity index (χ1n) is 11.3. The van der Waals surface area contributed by atoms with Crippen molar-refractivity contribution in [2.24, 2.45) is 0 Å². The van der Waals surface area contributed by atoms with Crippen molar-refractivity contribution in [1.29, 1.82) is 0 Å². The molecular weight excluding hydrogens is 479 g/mol. The van der Waals surface area contributed by atoms with E-state index in [1.807, 2.05) is 25.1 Å². The van der Waals surface area contributed by atoms with Crippen molar-refractivity contribution in [2.75, 3.05) is 5.32 Å². The molecule has 36 heavy (non-hydrogen) atoms. The van der Waals surface area contributed by atoms with Gasteiger partial charge >= 0.3 is 6.36 Å². The third-order valence-corrected chi connectivity index (χ3v) is 5.85. The summed E-state index contributed by atoms with van der Waals surface area (Å²) in [4.78, 5) is 29.7. The number of halogens is 3.